The molecule has 0 spiro atoms. The van der Waals surface area contributed by atoms with Gasteiger partial charge in [-0.3, -0.25) is 14.5 Å². The van der Waals surface area contributed by atoms with Crippen LogP contribution < -0.4 is 4.90 Å². The highest BCUT2D eigenvalue weighted by atomic mass is 35.5. The summed E-state index contributed by atoms with van der Waals surface area (Å²) in [6.07, 6.45) is 0. The second-order valence-electron chi connectivity index (χ2n) is 6.98. The van der Waals surface area contributed by atoms with Crippen molar-refractivity contribution in [3.05, 3.63) is 65.2 Å². The van der Waals surface area contributed by atoms with Gasteiger partial charge < -0.3 is 0 Å². The molecule has 6 heteroatoms. The Kier molecular flexibility index (Phi) is 3.85. The SMILES string of the molecule is O=C1[C@@H]2[C@H](C(=O)N1c1ccccc1)[C@H]1CSCN1[C@@H]2c1cccc(Cl)c1. The first-order chi connectivity index (χ1) is 12.7. The molecule has 3 aliphatic rings. The molecular formula is C20H17ClN2O2S. The number of fused-ring (bicyclic) bond motifs is 3. The first-order valence-corrected chi connectivity index (χ1v) is 10.2. The van der Waals surface area contributed by atoms with Crippen LogP contribution in [0.1, 0.15) is 11.6 Å². The minimum absolute atomic E-state index is 0.0618. The first-order valence-electron chi connectivity index (χ1n) is 8.68. The molecule has 0 radical (unpaired) electrons. The summed E-state index contributed by atoms with van der Waals surface area (Å²) in [7, 11) is 0. The van der Waals surface area contributed by atoms with Crippen LogP contribution >= 0.6 is 23.4 Å². The van der Waals surface area contributed by atoms with Crippen molar-refractivity contribution in [1.29, 1.82) is 0 Å². The molecule has 2 aromatic rings. The predicted molar refractivity (Wildman–Crippen MR) is 103 cm³/mol. The Morgan fingerprint density at radius 2 is 1.73 bits per heavy atom. The predicted octanol–water partition coefficient (Wildman–Crippen LogP) is 3.58. The maximum absolute atomic E-state index is 13.3. The van der Waals surface area contributed by atoms with E-state index in [1.165, 1.54) is 4.90 Å². The lowest BCUT2D eigenvalue weighted by Crippen LogP contribution is -2.40. The molecule has 3 saturated heterocycles. The van der Waals surface area contributed by atoms with Gasteiger partial charge in [-0.2, -0.15) is 0 Å². The van der Waals surface area contributed by atoms with Gasteiger partial charge in [0, 0.05) is 28.7 Å². The van der Waals surface area contributed by atoms with Gasteiger partial charge in [-0.15, -0.1) is 11.8 Å². The van der Waals surface area contributed by atoms with Crippen LogP contribution in [0.15, 0.2) is 54.6 Å². The lowest BCUT2D eigenvalue weighted by molar-refractivity contribution is -0.123. The van der Waals surface area contributed by atoms with Crippen molar-refractivity contribution < 1.29 is 9.59 Å². The zero-order valence-corrected chi connectivity index (χ0v) is 15.5. The molecule has 0 saturated carbocycles. The molecule has 2 amide bonds. The van der Waals surface area contributed by atoms with Gasteiger partial charge in [-0.05, 0) is 29.8 Å². The zero-order chi connectivity index (χ0) is 17.8. The number of para-hydroxylation sites is 1. The largest absolute Gasteiger partial charge is 0.282 e. The highest BCUT2D eigenvalue weighted by molar-refractivity contribution is 7.99. The number of hydrogen-bond donors (Lipinski definition) is 0. The minimum Gasteiger partial charge on any atom is -0.282 e. The number of amides is 2. The summed E-state index contributed by atoms with van der Waals surface area (Å²) in [4.78, 5) is 30.3. The van der Waals surface area contributed by atoms with Crippen molar-refractivity contribution >= 4 is 40.9 Å². The highest BCUT2D eigenvalue weighted by Gasteiger charge is 2.63. The van der Waals surface area contributed by atoms with Crippen LogP contribution in [0, 0.1) is 11.8 Å². The Labute approximate surface area is 161 Å². The van der Waals surface area contributed by atoms with Crippen LogP contribution in [0.3, 0.4) is 0 Å². The summed E-state index contributed by atoms with van der Waals surface area (Å²) in [5, 5.41) is 0.658. The Balaban J connectivity index is 1.60. The summed E-state index contributed by atoms with van der Waals surface area (Å²) in [5.41, 5.74) is 1.69. The van der Waals surface area contributed by atoms with E-state index in [2.05, 4.69) is 4.90 Å². The Hall–Kier alpha value is -1.82. The van der Waals surface area contributed by atoms with E-state index in [1.807, 2.05) is 66.4 Å². The van der Waals surface area contributed by atoms with Gasteiger partial charge in [0.25, 0.3) is 0 Å². The van der Waals surface area contributed by atoms with E-state index in [1.54, 1.807) is 0 Å². The fourth-order valence-corrected chi connectivity index (χ4v) is 6.15. The third-order valence-corrected chi connectivity index (χ3v) is 6.96. The number of hydrogen-bond acceptors (Lipinski definition) is 4. The number of thioether (sulfide) groups is 1. The smallest absolute Gasteiger partial charge is 0.239 e. The third kappa shape index (κ3) is 2.27. The molecule has 0 aromatic heterocycles. The summed E-state index contributed by atoms with van der Waals surface area (Å²) < 4.78 is 0. The van der Waals surface area contributed by atoms with Crippen LogP contribution in [-0.4, -0.2) is 34.4 Å². The van der Waals surface area contributed by atoms with Crippen molar-refractivity contribution in [3.63, 3.8) is 0 Å². The molecule has 4 atom stereocenters. The zero-order valence-electron chi connectivity index (χ0n) is 13.9. The van der Waals surface area contributed by atoms with Crippen molar-refractivity contribution in [2.45, 2.75) is 12.1 Å². The monoisotopic (exact) mass is 384 g/mol. The molecule has 4 nitrogen and oxygen atoms in total. The van der Waals surface area contributed by atoms with E-state index >= 15 is 0 Å². The van der Waals surface area contributed by atoms with Crippen molar-refractivity contribution in [2.24, 2.45) is 11.8 Å². The number of carbonyl (C=O) groups is 2. The molecule has 0 N–H and O–H groups in total. The average Bonchev–Trinajstić information content (AvgIpc) is 3.28. The fourth-order valence-electron chi connectivity index (χ4n) is 4.64. The average molecular weight is 385 g/mol. The number of halogens is 1. The molecule has 0 unspecified atom stereocenters. The quantitative estimate of drug-likeness (QED) is 0.742. The van der Waals surface area contributed by atoms with E-state index in [-0.39, 0.29) is 35.7 Å². The standard InChI is InChI=1S/C20H17ClN2O2S/c21-13-6-4-5-12(9-13)18-17-16(15-10-26-11-22(15)18)19(24)23(20(17)25)14-7-2-1-3-8-14/h1-9,15-18H,10-11H2/t15-,16-,17-,18-/m1/s1. The van der Waals surface area contributed by atoms with E-state index in [0.29, 0.717) is 10.7 Å². The van der Waals surface area contributed by atoms with Gasteiger partial charge in [-0.1, -0.05) is 41.9 Å². The van der Waals surface area contributed by atoms with Gasteiger partial charge >= 0.3 is 0 Å². The molecule has 3 heterocycles. The van der Waals surface area contributed by atoms with Gasteiger partial charge in [0.2, 0.25) is 11.8 Å². The molecule has 5 rings (SSSR count). The number of nitrogens with zero attached hydrogens (tertiary/aromatic N) is 2. The lowest BCUT2D eigenvalue weighted by Gasteiger charge is -2.28. The van der Waals surface area contributed by atoms with Crippen molar-refractivity contribution in [2.75, 3.05) is 16.5 Å². The summed E-state index contributed by atoms with van der Waals surface area (Å²) in [6, 6.07) is 17.0. The van der Waals surface area contributed by atoms with Gasteiger partial charge in [0.05, 0.1) is 17.5 Å². The number of carbonyl (C=O) groups excluding carboxylic acids is 2. The number of rotatable bonds is 2. The maximum atomic E-state index is 13.3. The first kappa shape index (κ1) is 16.4. The molecule has 3 fully saturated rings. The lowest BCUT2D eigenvalue weighted by atomic mass is 9.87. The molecule has 26 heavy (non-hydrogen) atoms. The fraction of sp³-hybridized carbons (Fsp3) is 0.300. The Bertz CT molecular complexity index is 890. The molecule has 0 bridgehead atoms. The van der Waals surface area contributed by atoms with Gasteiger partial charge in [-0.25, -0.2) is 4.90 Å². The summed E-state index contributed by atoms with van der Waals surface area (Å²) >= 11 is 8.04. The van der Waals surface area contributed by atoms with Crippen LogP contribution in [-0.2, 0) is 9.59 Å². The highest BCUT2D eigenvalue weighted by Crippen LogP contribution is 2.54. The summed E-state index contributed by atoms with van der Waals surface area (Å²) in [5.74, 6) is 0.971. The molecule has 0 aliphatic carbocycles. The van der Waals surface area contributed by atoms with Crippen LogP contribution in [0.4, 0.5) is 5.69 Å². The van der Waals surface area contributed by atoms with Gasteiger partial charge in [0.15, 0.2) is 0 Å². The second-order valence-corrected chi connectivity index (χ2v) is 8.42. The van der Waals surface area contributed by atoms with Crippen LogP contribution in [0.5, 0.6) is 0 Å². The maximum Gasteiger partial charge on any atom is 0.239 e. The van der Waals surface area contributed by atoms with Gasteiger partial charge in [0.1, 0.15) is 0 Å². The van der Waals surface area contributed by atoms with E-state index < -0.39 is 0 Å². The summed E-state index contributed by atoms with van der Waals surface area (Å²) in [6.45, 7) is 0. The normalized spacial score (nSPS) is 30.7. The Morgan fingerprint density at radius 1 is 0.962 bits per heavy atom. The van der Waals surface area contributed by atoms with E-state index in [4.69, 9.17) is 11.6 Å². The Morgan fingerprint density at radius 3 is 2.50 bits per heavy atom. The molecule has 2 aromatic carbocycles. The number of imide groups is 1. The second kappa shape index (κ2) is 6.12. The topological polar surface area (TPSA) is 40.6 Å². The molecular weight excluding hydrogens is 368 g/mol. The van der Waals surface area contributed by atoms with Crippen molar-refractivity contribution in [1.82, 2.24) is 4.90 Å². The minimum atomic E-state index is -0.341. The van der Waals surface area contributed by atoms with Crippen molar-refractivity contribution in [3.8, 4) is 0 Å². The number of anilines is 1. The molecule has 3 aliphatic heterocycles. The van der Waals surface area contributed by atoms with E-state index in [0.717, 1.165) is 17.2 Å². The molecule has 132 valence electrons. The van der Waals surface area contributed by atoms with E-state index in [9.17, 15) is 9.59 Å². The van der Waals surface area contributed by atoms with Crippen LogP contribution in [0.2, 0.25) is 5.02 Å². The third-order valence-electron chi connectivity index (χ3n) is 5.67. The number of benzene rings is 2. The van der Waals surface area contributed by atoms with Crippen LogP contribution in [0.25, 0.3) is 0 Å².